The maximum atomic E-state index is 12.4. The number of amides is 1. The topological polar surface area (TPSA) is 103 Å². The number of hydrogen-bond acceptors (Lipinski definition) is 7. The third-order valence-electron chi connectivity index (χ3n) is 4.50. The first-order valence-electron chi connectivity index (χ1n) is 9.10. The molecular weight excluding hydrogens is 382 g/mol. The summed E-state index contributed by atoms with van der Waals surface area (Å²) < 4.78 is 33.6. The molecule has 1 fully saturated rings. The number of carbonyl (C=O) groups excluding carboxylic acids is 1. The second kappa shape index (κ2) is 8.55. The van der Waals surface area contributed by atoms with Gasteiger partial charge < -0.3 is 14.1 Å². The molecule has 1 aliphatic rings. The Kier molecular flexibility index (Phi) is 6.13. The zero-order valence-electron chi connectivity index (χ0n) is 15.9. The van der Waals surface area contributed by atoms with E-state index in [9.17, 15) is 13.2 Å². The van der Waals surface area contributed by atoms with Crippen LogP contribution in [-0.4, -0.2) is 55.4 Å². The molecule has 0 bridgehead atoms. The predicted molar refractivity (Wildman–Crippen MR) is 103 cm³/mol. The minimum atomic E-state index is -3.51. The van der Waals surface area contributed by atoms with E-state index in [1.165, 1.54) is 0 Å². The van der Waals surface area contributed by atoms with Crippen LogP contribution in [0.15, 0.2) is 40.0 Å². The van der Waals surface area contributed by atoms with Gasteiger partial charge in [-0.3, -0.25) is 4.79 Å². The summed E-state index contributed by atoms with van der Waals surface area (Å²) in [4.78, 5) is 14.2. The molecule has 0 spiro atoms. The van der Waals surface area contributed by atoms with E-state index in [0.717, 1.165) is 17.6 Å². The van der Waals surface area contributed by atoms with Gasteiger partial charge in [0.25, 0.3) is 0 Å². The second-order valence-electron chi connectivity index (χ2n) is 6.61. The molecule has 150 valence electrons. The van der Waals surface area contributed by atoms with Crippen molar-refractivity contribution >= 4 is 21.8 Å². The van der Waals surface area contributed by atoms with Crippen LogP contribution in [0.25, 0.3) is 6.08 Å². The van der Waals surface area contributed by atoms with Crippen molar-refractivity contribution < 1.29 is 22.4 Å². The molecule has 1 aromatic carbocycles. The number of nitrogens with zero attached hydrogens (tertiary/aromatic N) is 3. The van der Waals surface area contributed by atoms with Crippen LogP contribution in [0.2, 0.25) is 0 Å². The van der Waals surface area contributed by atoms with Crippen LogP contribution < -0.4 is 4.74 Å². The number of benzene rings is 1. The Bertz CT molecular complexity index is 942. The number of hydrogen-bond donors (Lipinski definition) is 0. The van der Waals surface area contributed by atoms with Crippen LogP contribution in [0.5, 0.6) is 5.75 Å². The minimum Gasteiger partial charge on any atom is -0.494 e. The minimum absolute atomic E-state index is 0.0397. The van der Waals surface area contributed by atoms with Gasteiger partial charge in [-0.25, -0.2) is 8.42 Å². The fourth-order valence-corrected chi connectivity index (χ4v) is 3.42. The van der Waals surface area contributed by atoms with Gasteiger partial charge in [-0.05, 0) is 43.5 Å². The second-order valence-corrected chi connectivity index (χ2v) is 8.51. The molecular formula is C19H23N3O5S. The quantitative estimate of drug-likeness (QED) is 0.679. The standard InChI is InChI=1S/C19H23N3O5S/c1-3-26-16-7-4-14(5-8-16)6-9-17(23)22-12-10-15(11-13-22)18-20-21-19(27-18)28(2,24)25/h4-9,15H,3,10-13H2,1-2H3/b9-6+. The van der Waals surface area contributed by atoms with E-state index in [0.29, 0.717) is 38.4 Å². The van der Waals surface area contributed by atoms with E-state index in [1.54, 1.807) is 17.1 Å². The van der Waals surface area contributed by atoms with Crippen molar-refractivity contribution in [1.82, 2.24) is 15.1 Å². The van der Waals surface area contributed by atoms with Crippen molar-refractivity contribution in [2.75, 3.05) is 26.0 Å². The summed E-state index contributed by atoms with van der Waals surface area (Å²) in [5.41, 5.74) is 0.922. The molecule has 8 nitrogen and oxygen atoms in total. The fourth-order valence-electron chi connectivity index (χ4n) is 3.00. The summed E-state index contributed by atoms with van der Waals surface area (Å²) in [6.07, 6.45) is 5.66. The van der Waals surface area contributed by atoms with E-state index in [2.05, 4.69) is 10.2 Å². The number of piperidine rings is 1. The Hall–Kier alpha value is -2.68. The molecule has 0 saturated carbocycles. The molecule has 1 amide bonds. The lowest BCUT2D eigenvalue weighted by atomic mass is 9.97. The van der Waals surface area contributed by atoms with Gasteiger partial charge in [-0.15, -0.1) is 5.10 Å². The van der Waals surface area contributed by atoms with E-state index < -0.39 is 9.84 Å². The average Bonchev–Trinajstić information content (AvgIpc) is 3.18. The van der Waals surface area contributed by atoms with E-state index in [1.807, 2.05) is 31.2 Å². The predicted octanol–water partition coefficient (Wildman–Crippen LogP) is 2.29. The van der Waals surface area contributed by atoms with Crippen molar-refractivity contribution in [3.8, 4) is 5.75 Å². The molecule has 9 heteroatoms. The number of sulfone groups is 1. The van der Waals surface area contributed by atoms with E-state index in [4.69, 9.17) is 9.15 Å². The lowest BCUT2D eigenvalue weighted by Gasteiger charge is -2.29. The highest BCUT2D eigenvalue weighted by Crippen LogP contribution is 2.28. The smallest absolute Gasteiger partial charge is 0.335 e. The SMILES string of the molecule is CCOc1ccc(/C=C/C(=O)N2CCC(c3nnc(S(C)(=O)=O)o3)CC2)cc1. The lowest BCUT2D eigenvalue weighted by molar-refractivity contribution is -0.127. The number of likely N-dealkylation sites (tertiary alicyclic amines) is 1. The Labute approximate surface area is 164 Å². The molecule has 0 radical (unpaired) electrons. The van der Waals surface area contributed by atoms with Crippen LogP contribution in [-0.2, 0) is 14.6 Å². The summed E-state index contributed by atoms with van der Waals surface area (Å²) in [6.45, 7) is 3.64. The molecule has 0 N–H and O–H groups in total. The number of rotatable bonds is 6. The van der Waals surface area contributed by atoms with Gasteiger partial charge in [0.2, 0.25) is 21.6 Å². The van der Waals surface area contributed by atoms with E-state index in [-0.39, 0.29) is 17.0 Å². The molecule has 1 aliphatic heterocycles. The molecule has 0 aliphatic carbocycles. The Morgan fingerprint density at radius 2 is 1.93 bits per heavy atom. The largest absolute Gasteiger partial charge is 0.494 e. The normalized spacial score (nSPS) is 15.9. The maximum Gasteiger partial charge on any atom is 0.335 e. The molecule has 28 heavy (non-hydrogen) atoms. The third kappa shape index (κ3) is 4.98. The van der Waals surface area contributed by atoms with Crippen molar-refractivity contribution in [1.29, 1.82) is 0 Å². The molecule has 1 saturated heterocycles. The first kappa shape index (κ1) is 20.1. The van der Waals surface area contributed by atoms with Gasteiger partial charge in [0.15, 0.2) is 0 Å². The summed E-state index contributed by atoms with van der Waals surface area (Å²) in [7, 11) is -3.51. The van der Waals surface area contributed by atoms with Gasteiger partial charge in [-0.1, -0.05) is 17.2 Å². The van der Waals surface area contributed by atoms with Crippen LogP contribution in [0.1, 0.15) is 37.1 Å². The summed E-state index contributed by atoms with van der Waals surface area (Å²) in [5.74, 6) is 1.02. The number of carbonyl (C=O) groups is 1. The lowest BCUT2D eigenvalue weighted by Crippen LogP contribution is -2.36. The molecule has 2 heterocycles. The summed E-state index contributed by atoms with van der Waals surface area (Å²) >= 11 is 0. The molecule has 3 rings (SSSR count). The molecule has 2 aromatic rings. The van der Waals surface area contributed by atoms with Crippen LogP contribution in [0, 0.1) is 0 Å². The maximum absolute atomic E-state index is 12.4. The van der Waals surface area contributed by atoms with Crippen molar-refractivity contribution in [2.24, 2.45) is 0 Å². The summed E-state index contributed by atoms with van der Waals surface area (Å²) in [5, 5.41) is 7.08. The van der Waals surface area contributed by atoms with Gasteiger partial charge in [0.1, 0.15) is 5.75 Å². The van der Waals surface area contributed by atoms with Gasteiger partial charge in [-0.2, -0.15) is 0 Å². The van der Waals surface area contributed by atoms with Crippen molar-refractivity contribution in [3.63, 3.8) is 0 Å². The Morgan fingerprint density at radius 1 is 1.25 bits per heavy atom. The Balaban J connectivity index is 1.54. The first-order chi connectivity index (χ1) is 13.4. The first-order valence-corrected chi connectivity index (χ1v) is 11.0. The van der Waals surface area contributed by atoms with E-state index >= 15 is 0 Å². The van der Waals surface area contributed by atoms with Gasteiger partial charge >= 0.3 is 5.22 Å². The molecule has 0 unspecified atom stereocenters. The van der Waals surface area contributed by atoms with Crippen molar-refractivity contribution in [3.05, 3.63) is 41.8 Å². The molecule has 1 aromatic heterocycles. The van der Waals surface area contributed by atoms with Gasteiger partial charge in [0.05, 0.1) is 6.61 Å². The van der Waals surface area contributed by atoms with Crippen LogP contribution in [0.4, 0.5) is 0 Å². The fraction of sp³-hybridized carbons (Fsp3) is 0.421. The van der Waals surface area contributed by atoms with Crippen molar-refractivity contribution in [2.45, 2.75) is 30.9 Å². The zero-order valence-corrected chi connectivity index (χ0v) is 16.7. The Morgan fingerprint density at radius 3 is 2.50 bits per heavy atom. The monoisotopic (exact) mass is 405 g/mol. The third-order valence-corrected chi connectivity index (χ3v) is 5.30. The van der Waals surface area contributed by atoms with Crippen LogP contribution >= 0.6 is 0 Å². The number of ether oxygens (including phenoxy) is 1. The highest BCUT2D eigenvalue weighted by atomic mass is 32.2. The van der Waals surface area contributed by atoms with Crippen LogP contribution in [0.3, 0.4) is 0 Å². The average molecular weight is 405 g/mol. The highest BCUT2D eigenvalue weighted by Gasteiger charge is 2.28. The van der Waals surface area contributed by atoms with Gasteiger partial charge in [0, 0.05) is 31.3 Å². The highest BCUT2D eigenvalue weighted by molar-refractivity contribution is 7.90. The summed E-state index contributed by atoms with van der Waals surface area (Å²) in [6, 6.07) is 7.54. The number of aromatic nitrogens is 2. The zero-order chi connectivity index (χ0) is 20.1. The molecule has 0 atom stereocenters.